The van der Waals surface area contributed by atoms with Crippen LogP contribution in [0.3, 0.4) is 0 Å². The smallest absolute Gasteiger partial charge is 0.410 e. The number of halogens is 4. The summed E-state index contributed by atoms with van der Waals surface area (Å²) in [5, 5.41) is 13.2. The minimum Gasteiger partial charge on any atom is -0.453 e. The molecule has 234 valence electrons. The van der Waals surface area contributed by atoms with E-state index in [1.807, 2.05) is 6.07 Å². The largest absolute Gasteiger partial charge is 0.453 e. The minimum absolute atomic E-state index is 0.0188. The van der Waals surface area contributed by atoms with Crippen molar-refractivity contribution in [2.75, 3.05) is 20.7 Å². The van der Waals surface area contributed by atoms with Gasteiger partial charge in [0.2, 0.25) is 0 Å². The number of rotatable bonds is 6. The van der Waals surface area contributed by atoms with Crippen LogP contribution in [0.5, 0.6) is 0 Å². The lowest BCUT2D eigenvalue weighted by atomic mass is 9.92. The van der Waals surface area contributed by atoms with Crippen molar-refractivity contribution < 1.29 is 23.1 Å². The van der Waals surface area contributed by atoms with Gasteiger partial charge in [0, 0.05) is 53.2 Å². The summed E-state index contributed by atoms with van der Waals surface area (Å²) in [6.07, 6.45) is 1.29. The van der Waals surface area contributed by atoms with Crippen molar-refractivity contribution >= 4 is 57.0 Å². The topological polar surface area (TPSA) is 111 Å². The summed E-state index contributed by atoms with van der Waals surface area (Å²) in [6, 6.07) is 14.4. The molecule has 1 unspecified atom stereocenters. The molecule has 12 heteroatoms. The van der Waals surface area contributed by atoms with Crippen LogP contribution in [0, 0.1) is 23.0 Å². The predicted molar refractivity (Wildman–Crippen MR) is 173 cm³/mol. The first-order valence-corrected chi connectivity index (χ1v) is 15.3. The summed E-state index contributed by atoms with van der Waals surface area (Å²) >= 11 is 12.9. The summed E-state index contributed by atoms with van der Waals surface area (Å²) in [7, 11) is 2.73. The SMILES string of the molecule is CNC(=O)c1ccc(-c2nc3c(F)c(-c4cccc(Cl)c4Cl)c(CCC#N)cc3c3[nH]c(C4CCCN4C(=O)OC)cc23)cc1F. The van der Waals surface area contributed by atoms with Crippen LogP contribution in [0.1, 0.15) is 46.9 Å². The van der Waals surface area contributed by atoms with E-state index in [4.69, 9.17) is 32.9 Å². The Morgan fingerprint density at radius 1 is 1.17 bits per heavy atom. The van der Waals surface area contributed by atoms with E-state index in [0.29, 0.717) is 51.6 Å². The molecule has 8 nitrogen and oxygen atoms in total. The molecule has 5 aromatic rings. The third-order valence-corrected chi connectivity index (χ3v) is 9.19. The molecule has 6 rings (SSSR count). The highest BCUT2D eigenvalue weighted by Crippen LogP contribution is 2.43. The zero-order valence-electron chi connectivity index (χ0n) is 24.8. The second-order valence-electron chi connectivity index (χ2n) is 10.9. The quantitative estimate of drug-likeness (QED) is 0.190. The number of nitrogens with one attached hydrogen (secondary N) is 2. The maximum absolute atomic E-state index is 16.9. The molecule has 0 saturated carbocycles. The summed E-state index contributed by atoms with van der Waals surface area (Å²) < 4.78 is 37.2. The van der Waals surface area contributed by atoms with E-state index in [1.54, 1.807) is 35.2 Å². The number of hydrogen-bond donors (Lipinski definition) is 2. The molecule has 3 aromatic carbocycles. The molecular formula is C34H27Cl2F2N5O3. The van der Waals surface area contributed by atoms with Gasteiger partial charge in [-0.3, -0.25) is 9.69 Å². The molecule has 2 aromatic heterocycles. The van der Waals surface area contributed by atoms with E-state index in [9.17, 15) is 14.9 Å². The molecule has 46 heavy (non-hydrogen) atoms. The van der Waals surface area contributed by atoms with Gasteiger partial charge in [0.05, 0.1) is 46.0 Å². The predicted octanol–water partition coefficient (Wildman–Crippen LogP) is 8.35. The Hall–Kier alpha value is -4.72. The summed E-state index contributed by atoms with van der Waals surface area (Å²) in [5.74, 6) is -2.05. The molecule has 1 aliphatic heterocycles. The van der Waals surface area contributed by atoms with Crippen molar-refractivity contribution in [3.8, 4) is 28.5 Å². The number of likely N-dealkylation sites (tertiary alicyclic amines) is 1. The van der Waals surface area contributed by atoms with Crippen LogP contribution >= 0.6 is 23.2 Å². The molecule has 1 fully saturated rings. The van der Waals surface area contributed by atoms with Crippen LogP contribution < -0.4 is 5.32 Å². The third-order valence-electron chi connectivity index (χ3n) is 8.37. The molecule has 2 N–H and O–H groups in total. The number of pyridine rings is 1. The molecule has 1 atom stereocenters. The molecule has 0 aliphatic carbocycles. The van der Waals surface area contributed by atoms with Gasteiger partial charge in [0.25, 0.3) is 5.91 Å². The van der Waals surface area contributed by atoms with Crippen molar-refractivity contribution in [1.82, 2.24) is 20.2 Å². The Bertz CT molecular complexity index is 2090. The fourth-order valence-corrected chi connectivity index (χ4v) is 6.62. The fraction of sp³-hybridized carbons (Fsp3) is 0.235. The van der Waals surface area contributed by atoms with Crippen molar-refractivity contribution in [2.24, 2.45) is 0 Å². The van der Waals surface area contributed by atoms with Crippen LogP contribution in [0.2, 0.25) is 10.0 Å². The Morgan fingerprint density at radius 3 is 2.70 bits per heavy atom. The lowest BCUT2D eigenvalue weighted by Gasteiger charge is -2.22. The maximum atomic E-state index is 16.9. The zero-order valence-corrected chi connectivity index (χ0v) is 26.3. The summed E-state index contributed by atoms with van der Waals surface area (Å²) in [5.41, 5.74) is 2.64. The van der Waals surface area contributed by atoms with Gasteiger partial charge in [-0.2, -0.15) is 5.26 Å². The normalized spacial score (nSPS) is 14.5. The number of ether oxygens (including phenoxy) is 1. The number of fused-ring (bicyclic) bond motifs is 3. The van der Waals surface area contributed by atoms with Crippen LogP contribution in [0.15, 0.2) is 48.5 Å². The number of methoxy groups -OCH3 is 1. The Balaban J connectivity index is 1.68. The van der Waals surface area contributed by atoms with Crippen LogP contribution in [-0.2, 0) is 11.2 Å². The number of H-pyrrole nitrogens is 1. The first-order chi connectivity index (χ1) is 22.2. The molecule has 2 amide bonds. The van der Waals surface area contributed by atoms with Crippen molar-refractivity contribution in [3.63, 3.8) is 0 Å². The van der Waals surface area contributed by atoms with E-state index in [0.717, 1.165) is 6.42 Å². The number of aromatic nitrogens is 2. The van der Waals surface area contributed by atoms with Crippen molar-refractivity contribution in [3.05, 3.63) is 87.0 Å². The standard InChI is InChI=1S/C34H27Cl2F2N5O3/c1-40-33(44)19-11-10-18(15-24(19)37)30-22-16-25(26-9-5-13-43(26)34(45)46-2)41-31(22)21-14-17(6-4-12-39)27(29(38)32(21)42-30)20-7-3-8-23(35)28(20)36/h3,7-8,10-11,14-16,26,41H,4-6,9,13H2,1-2H3,(H,40,44). The van der Waals surface area contributed by atoms with Gasteiger partial charge in [0.15, 0.2) is 5.82 Å². The molecule has 1 aliphatic rings. The average molecular weight is 663 g/mol. The number of carbonyl (C=O) groups excluding carboxylic acids is 2. The summed E-state index contributed by atoms with van der Waals surface area (Å²) in [4.78, 5) is 34.6. The molecule has 3 heterocycles. The van der Waals surface area contributed by atoms with E-state index < -0.39 is 23.6 Å². The fourth-order valence-electron chi connectivity index (χ4n) is 6.22. The third kappa shape index (κ3) is 5.29. The highest BCUT2D eigenvalue weighted by Gasteiger charge is 2.33. The highest BCUT2D eigenvalue weighted by atomic mass is 35.5. The van der Waals surface area contributed by atoms with Crippen LogP contribution in [0.4, 0.5) is 13.6 Å². The summed E-state index contributed by atoms with van der Waals surface area (Å²) in [6.45, 7) is 0.501. The Kier molecular flexibility index (Phi) is 8.55. The first kappa shape index (κ1) is 31.3. The van der Waals surface area contributed by atoms with E-state index in [2.05, 4.69) is 16.4 Å². The van der Waals surface area contributed by atoms with Crippen LogP contribution in [-0.4, -0.2) is 47.6 Å². The van der Waals surface area contributed by atoms with Crippen molar-refractivity contribution in [2.45, 2.75) is 31.7 Å². The molecule has 1 saturated heterocycles. The second-order valence-corrected chi connectivity index (χ2v) is 11.7. The number of aromatic amines is 1. The monoisotopic (exact) mass is 661 g/mol. The van der Waals surface area contributed by atoms with E-state index in [-0.39, 0.29) is 51.3 Å². The highest BCUT2D eigenvalue weighted by molar-refractivity contribution is 6.43. The van der Waals surface area contributed by atoms with Crippen LogP contribution in [0.25, 0.3) is 44.2 Å². The number of carbonyl (C=O) groups is 2. The lowest BCUT2D eigenvalue weighted by Crippen LogP contribution is -2.30. The van der Waals surface area contributed by atoms with Gasteiger partial charge in [-0.15, -0.1) is 0 Å². The van der Waals surface area contributed by atoms with Gasteiger partial charge >= 0.3 is 6.09 Å². The van der Waals surface area contributed by atoms with E-state index in [1.165, 1.54) is 26.3 Å². The van der Waals surface area contributed by atoms with Gasteiger partial charge < -0.3 is 15.0 Å². The molecule has 0 radical (unpaired) electrons. The lowest BCUT2D eigenvalue weighted by molar-refractivity contribution is 0.0959. The number of amides is 2. The first-order valence-electron chi connectivity index (χ1n) is 14.5. The molecule has 0 bridgehead atoms. The number of nitriles is 1. The maximum Gasteiger partial charge on any atom is 0.410 e. The average Bonchev–Trinajstić information content (AvgIpc) is 3.73. The number of nitrogens with zero attached hydrogens (tertiary/aromatic N) is 3. The van der Waals surface area contributed by atoms with Gasteiger partial charge in [0.1, 0.15) is 11.3 Å². The number of benzene rings is 3. The molecule has 0 spiro atoms. The van der Waals surface area contributed by atoms with Crippen molar-refractivity contribution in [1.29, 1.82) is 5.26 Å². The molecular weight excluding hydrogens is 635 g/mol. The Labute approximate surface area is 272 Å². The zero-order chi connectivity index (χ0) is 32.7. The van der Waals surface area contributed by atoms with Gasteiger partial charge in [-0.1, -0.05) is 41.4 Å². The van der Waals surface area contributed by atoms with Gasteiger partial charge in [-0.25, -0.2) is 18.6 Å². The number of aryl methyl sites for hydroxylation is 1. The second kappa shape index (κ2) is 12.6. The Morgan fingerprint density at radius 2 is 1.98 bits per heavy atom. The number of hydrogen-bond acceptors (Lipinski definition) is 5. The minimum atomic E-state index is -0.769. The van der Waals surface area contributed by atoms with E-state index >= 15 is 8.78 Å². The van der Waals surface area contributed by atoms with Gasteiger partial charge in [-0.05, 0) is 55.2 Å².